The fraction of sp³-hybridized carbons (Fsp3) is 0.864. The van der Waals surface area contributed by atoms with E-state index in [1.807, 2.05) is 0 Å². The minimum absolute atomic E-state index is 0.00612. The van der Waals surface area contributed by atoms with Crippen LogP contribution in [0, 0.1) is 5.41 Å². The van der Waals surface area contributed by atoms with E-state index < -0.39 is 8.32 Å². The van der Waals surface area contributed by atoms with Crippen molar-refractivity contribution in [3.8, 4) is 0 Å². The van der Waals surface area contributed by atoms with Crippen molar-refractivity contribution >= 4 is 14.6 Å². The molecule has 0 amide bonds. The van der Waals surface area contributed by atoms with Gasteiger partial charge in [0.25, 0.3) is 0 Å². The Bertz CT molecular complexity index is 418. The van der Waals surface area contributed by atoms with Gasteiger partial charge in [0.2, 0.25) is 0 Å². The summed E-state index contributed by atoms with van der Waals surface area (Å²) in [7, 11) is -1.73. The van der Waals surface area contributed by atoms with E-state index in [4.69, 9.17) is 4.43 Å². The number of carbonyl (C=O) groups excluding carboxylic acids is 1. The van der Waals surface area contributed by atoms with E-state index in [1.54, 1.807) is 0 Å². The molecule has 2 nitrogen and oxygen atoms in total. The molecule has 0 N–H and O–H groups in total. The van der Waals surface area contributed by atoms with Gasteiger partial charge in [-0.05, 0) is 54.5 Å². The van der Waals surface area contributed by atoms with E-state index in [-0.39, 0.29) is 11.5 Å². The molecule has 0 heterocycles. The third kappa shape index (κ3) is 6.36. The monoisotopic (exact) mass is 366 g/mol. The molecule has 0 radical (unpaired) electrons. The van der Waals surface area contributed by atoms with Crippen molar-refractivity contribution in [3.63, 3.8) is 0 Å². The Kier molecular flexibility index (Phi) is 9.65. The third-order valence-corrected chi connectivity index (χ3v) is 10.7. The maximum atomic E-state index is 11.7. The van der Waals surface area contributed by atoms with Gasteiger partial charge >= 0.3 is 0 Å². The average molecular weight is 367 g/mol. The molecule has 1 rings (SSSR count). The zero-order chi connectivity index (χ0) is 18.9. The van der Waals surface area contributed by atoms with E-state index in [0.29, 0.717) is 0 Å². The summed E-state index contributed by atoms with van der Waals surface area (Å²) in [6.45, 7) is 13.4. The summed E-state index contributed by atoms with van der Waals surface area (Å²) >= 11 is 0. The Morgan fingerprint density at radius 3 is 1.92 bits per heavy atom. The van der Waals surface area contributed by atoms with Gasteiger partial charge in [-0.2, -0.15) is 0 Å². The lowest BCUT2D eigenvalue weighted by atomic mass is 9.72. The van der Waals surface area contributed by atoms with Gasteiger partial charge in [0, 0.05) is 0 Å². The lowest BCUT2D eigenvalue weighted by Gasteiger charge is -2.42. The second-order valence-corrected chi connectivity index (χ2v) is 12.8. The molecule has 0 spiro atoms. The van der Waals surface area contributed by atoms with Crippen molar-refractivity contribution in [2.75, 3.05) is 0 Å². The standard InChI is InChI=1S/C22H42O2Si/c1-7-10-15-25(16-11-8-2,17-12-9-3)24-21-13-14-22(5,6)20(18-23)19(21)4/h18,21H,7-17H2,1-6H3. The third-order valence-electron chi connectivity index (χ3n) is 6.14. The van der Waals surface area contributed by atoms with Gasteiger partial charge in [-0.15, -0.1) is 0 Å². The van der Waals surface area contributed by atoms with Gasteiger partial charge in [0.05, 0.1) is 6.10 Å². The molecule has 0 aromatic carbocycles. The highest BCUT2D eigenvalue weighted by Gasteiger charge is 2.40. The largest absolute Gasteiger partial charge is 0.410 e. The summed E-state index contributed by atoms with van der Waals surface area (Å²) in [5.41, 5.74) is 2.22. The zero-order valence-corrected chi connectivity index (χ0v) is 18.7. The summed E-state index contributed by atoms with van der Waals surface area (Å²) in [6.07, 6.45) is 11.1. The second kappa shape index (κ2) is 10.7. The summed E-state index contributed by atoms with van der Waals surface area (Å²) in [4.78, 5) is 11.7. The molecule has 0 aromatic rings. The minimum atomic E-state index is -1.73. The van der Waals surface area contributed by atoms with E-state index in [1.165, 1.54) is 62.2 Å². The summed E-state index contributed by atoms with van der Waals surface area (Å²) in [5, 5.41) is 0. The van der Waals surface area contributed by atoms with Crippen LogP contribution in [0.3, 0.4) is 0 Å². The Morgan fingerprint density at radius 1 is 1.04 bits per heavy atom. The van der Waals surface area contributed by atoms with Crippen molar-refractivity contribution in [1.29, 1.82) is 0 Å². The van der Waals surface area contributed by atoms with Crippen molar-refractivity contribution in [1.82, 2.24) is 0 Å². The van der Waals surface area contributed by atoms with Crippen LogP contribution < -0.4 is 0 Å². The highest BCUT2D eigenvalue weighted by molar-refractivity contribution is 6.73. The molecular weight excluding hydrogens is 324 g/mol. The van der Waals surface area contributed by atoms with Crippen LogP contribution in [0.15, 0.2) is 11.1 Å². The predicted octanol–water partition coefficient (Wildman–Crippen LogP) is 7.05. The van der Waals surface area contributed by atoms with Gasteiger partial charge in [-0.25, -0.2) is 0 Å². The molecule has 1 aliphatic carbocycles. The first-order chi connectivity index (χ1) is 11.9. The maximum Gasteiger partial charge on any atom is 0.193 e. The molecule has 0 bridgehead atoms. The van der Waals surface area contributed by atoms with E-state index in [0.717, 1.165) is 24.7 Å². The Labute approximate surface area is 157 Å². The maximum absolute atomic E-state index is 11.7. The topological polar surface area (TPSA) is 26.3 Å². The van der Waals surface area contributed by atoms with Crippen molar-refractivity contribution in [3.05, 3.63) is 11.1 Å². The fourth-order valence-corrected chi connectivity index (χ4v) is 9.30. The Balaban J connectivity index is 3.06. The number of aldehydes is 1. The van der Waals surface area contributed by atoms with Gasteiger partial charge in [-0.3, -0.25) is 4.79 Å². The van der Waals surface area contributed by atoms with E-state index in [2.05, 4.69) is 41.5 Å². The number of rotatable bonds is 12. The normalized spacial score (nSPS) is 20.8. The molecule has 1 aliphatic rings. The molecule has 1 unspecified atom stereocenters. The molecule has 1 atom stereocenters. The van der Waals surface area contributed by atoms with E-state index in [9.17, 15) is 4.79 Å². The van der Waals surface area contributed by atoms with Crippen molar-refractivity contribution in [2.24, 2.45) is 5.41 Å². The lowest BCUT2D eigenvalue weighted by Crippen LogP contribution is -2.44. The first-order valence-corrected chi connectivity index (χ1v) is 13.2. The molecule has 0 aliphatic heterocycles. The van der Waals surface area contributed by atoms with Crippen molar-refractivity contribution in [2.45, 2.75) is 117 Å². The fourth-order valence-electron chi connectivity index (χ4n) is 4.30. The summed E-state index contributed by atoms with van der Waals surface area (Å²) in [6, 6.07) is 3.90. The van der Waals surface area contributed by atoms with Crippen LogP contribution in [0.4, 0.5) is 0 Å². The average Bonchev–Trinajstić information content (AvgIpc) is 2.58. The summed E-state index contributed by atoms with van der Waals surface area (Å²) < 4.78 is 7.05. The van der Waals surface area contributed by atoms with Gasteiger partial charge in [0.1, 0.15) is 6.29 Å². The number of carbonyl (C=O) groups is 1. The highest BCUT2D eigenvalue weighted by Crippen LogP contribution is 2.42. The zero-order valence-electron chi connectivity index (χ0n) is 17.7. The van der Waals surface area contributed by atoms with Crippen LogP contribution in [0.25, 0.3) is 0 Å². The Hall–Kier alpha value is -0.413. The number of unbranched alkanes of at least 4 members (excludes halogenated alkanes) is 3. The van der Waals surface area contributed by atoms with Crippen molar-refractivity contribution < 1.29 is 9.22 Å². The van der Waals surface area contributed by atoms with Crippen LogP contribution in [0.2, 0.25) is 18.1 Å². The Morgan fingerprint density at radius 2 is 1.52 bits per heavy atom. The van der Waals surface area contributed by atoms with Crippen LogP contribution in [0.5, 0.6) is 0 Å². The van der Waals surface area contributed by atoms with Crippen LogP contribution in [-0.4, -0.2) is 20.7 Å². The summed E-state index contributed by atoms with van der Waals surface area (Å²) in [5.74, 6) is 0. The van der Waals surface area contributed by atoms with Crippen LogP contribution in [-0.2, 0) is 9.22 Å². The molecule has 146 valence electrons. The number of allylic oxidation sites excluding steroid dienone is 1. The highest BCUT2D eigenvalue weighted by atomic mass is 28.4. The van der Waals surface area contributed by atoms with Crippen LogP contribution in [0.1, 0.15) is 92.9 Å². The molecule has 0 fully saturated rings. The second-order valence-electron chi connectivity index (χ2n) is 8.74. The SMILES string of the molecule is CCCC[Si](CCCC)(CCCC)OC1CCC(C)(C)C(C=O)=C1C. The molecular formula is C22H42O2Si. The quantitative estimate of drug-likeness (QED) is 0.273. The van der Waals surface area contributed by atoms with Crippen LogP contribution >= 0.6 is 0 Å². The first-order valence-electron chi connectivity index (χ1n) is 10.7. The molecule has 0 saturated heterocycles. The molecule has 3 heteroatoms. The number of hydrogen-bond acceptors (Lipinski definition) is 2. The molecule has 0 saturated carbocycles. The van der Waals surface area contributed by atoms with Gasteiger partial charge in [0.15, 0.2) is 8.32 Å². The molecule has 0 aromatic heterocycles. The van der Waals surface area contributed by atoms with Gasteiger partial charge < -0.3 is 4.43 Å². The van der Waals surface area contributed by atoms with Gasteiger partial charge in [-0.1, -0.05) is 73.1 Å². The lowest BCUT2D eigenvalue weighted by molar-refractivity contribution is -0.106. The predicted molar refractivity (Wildman–Crippen MR) is 112 cm³/mol. The smallest absolute Gasteiger partial charge is 0.193 e. The molecule has 25 heavy (non-hydrogen) atoms. The number of hydrogen-bond donors (Lipinski definition) is 0. The minimum Gasteiger partial charge on any atom is -0.410 e. The first kappa shape index (κ1) is 22.6. The van der Waals surface area contributed by atoms with E-state index >= 15 is 0 Å².